The third-order valence-electron chi connectivity index (χ3n) is 3.15. The van der Waals surface area contributed by atoms with E-state index in [4.69, 9.17) is 4.74 Å². The molecule has 0 atom stereocenters. The van der Waals surface area contributed by atoms with Gasteiger partial charge < -0.3 is 4.74 Å². The Balaban J connectivity index is 1.57. The smallest absolute Gasteiger partial charge is 0.257 e. The van der Waals surface area contributed by atoms with E-state index in [1.807, 2.05) is 18.2 Å². The van der Waals surface area contributed by atoms with Crippen LogP contribution in [-0.4, -0.2) is 23.2 Å². The number of ether oxygens (including phenoxy) is 1. The van der Waals surface area contributed by atoms with E-state index in [0.717, 1.165) is 10.8 Å². The number of aromatic nitrogens is 2. The molecule has 1 aromatic heterocycles. The molecule has 0 unspecified atom stereocenters. The van der Waals surface area contributed by atoms with Crippen molar-refractivity contribution in [3.63, 3.8) is 0 Å². The summed E-state index contributed by atoms with van der Waals surface area (Å²) in [6, 6.07) is 17.0. The molecule has 24 heavy (non-hydrogen) atoms. The molecule has 1 heterocycles. The Bertz CT molecular complexity index is 804. The molecule has 7 heteroatoms. The van der Waals surface area contributed by atoms with Crippen LogP contribution < -0.4 is 10.1 Å². The number of methoxy groups -OCH3 is 1. The van der Waals surface area contributed by atoms with Crippen LogP contribution in [0.4, 0.5) is 5.13 Å². The topological polar surface area (TPSA) is 64.1 Å². The number of amides is 1. The summed E-state index contributed by atoms with van der Waals surface area (Å²) < 4.78 is 5.08. The highest BCUT2D eigenvalue weighted by Gasteiger charge is 2.10. The van der Waals surface area contributed by atoms with Gasteiger partial charge in [0.2, 0.25) is 5.13 Å². The quantitative estimate of drug-likeness (QED) is 0.673. The van der Waals surface area contributed by atoms with Gasteiger partial charge in [-0.2, -0.15) is 0 Å². The lowest BCUT2D eigenvalue weighted by molar-refractivity contribution is 0.102. The van der Waals surface area contributed by atoms with Gasteiger partial charge in [-0.15, -0.1) is 22.0 Å². The van der Waals surface area contributed by atoms with Gasteiger partial charge >= 0.3 is 0 Å². The van der Waals surface area contributed by atoms with E-state index >= 15 is 0 Å². The molecular weight excluding hydrogens is 342 g/mol. The molecule has 0 radical (unpaired) electrons. The zero-order chi connectivity index (χ0) is 16.8. The van der Waals surface area contributed by atoms with Gasteiger partial charge in [-0.3, -0.25) is 10.1 Å². The standard InChI is InChI=1S/C17H15N3O2S2/c1-22-13-9-7-12(8-10-13)16(21)18-17-20-19-15(24-17)11-23-14-5-3-2-4-6-14/h2-10H,11H2,1H3,(H,18,20,21). The van der Waals surface area contributed by atoms with Crippen molar-refractivity contribution in [2.24, 2.45) is 0 Å². The van der Waals surface area contributed by atoms with E-state index in [0.29, 0.717) is 16.4 Å². The Morgan fingerprint density at radius 1 is 1.12 bits per heavy atom. The van der Waals surface area contributed by atoms with Gasteiger partial charge in [0.15, 0.2) is 0 Å². The van der Waals surface area contributed by atoms with Crippen molar-refractivity contribution in [3.8, 4) is 5.75 Å². The number of nitrogens with one attached hydrogen (secondary N) is 1. The maximum absolute atomic E-state index is 12.2. The molecule has 0 spiro atoms. The summed E-state index contributed by atoms with van der Waals surface area (Å²) in [5.74, 6) is 1.22. The van der Waals surface area contributed by atoms with Crippen molar-refractivity contribution < 1.29 is 9.53 Å². The Morgan fingerprint density at radius 3 is 2.58 bits per heavy atom. The van der Waals surface area contributed by atoms with Crippen LogP contribution in [0.5, 0.6) is 5.75 Å². The van der Waals surface area contributed by atoms with Crippen LogP contribution in [0.3, 0.4) is 0 Å². The predicted octanol–water partition coefficient (Wildman–Crippen LogP) is 4.09. The van der Waals surface area contributed by atoms with Crippen molar-refractivity contribution >= 4 is 34.1 Å². The summed E-state index contributed by atoms with van der Waals surface area (Å²) in [4.78, 5) is 13.4. The molecule has 3 aromatic rings. The zero-order valence-corrected chi connectivity index (χ0v) is 14.6. The van der Waals surface area contributed by atoms with Crippen molar-refractivity contribution in [2.45, 2.75) is 10.6 Å². The number of hydrogen-bond donors (Lipinski definition) is 1. The van der Waals surface area contributed by atoms with Crippen molar-refractivity contribution in [3.05, 3.63) is 65.2 Å². The summed E-state index contributed by atoms with van der Waals surface area (Å²) >= 11 is 3.07. The molecule has 1 N–H and O–H groups in total. The second kappa shape index (κ2) is 7.94. The molecule has 0 aliphatic heterocycles. The van der Waals surface area contributed by atoms with E-state index < -0.39 is 0 Å². The summed E-state index contributed by atoms with van der Waals surface area (Å²) in [7, 11) is 1.59. The lowest BCUT2D eigenvalue weighted by Crippen LogP contribution is -2.11. The van der Waals surface area contributed by atoms with Gasteiger partial charge in [0, 0.05) is 10.5 Å². The summed E-state index contributed by atoms with van der Waals surface area (Å²) in [5, 5.41) is 12.3. The van der Waals surface area contributed by atoms with Gasteiger partial charge in [0.25, 0.3) is 5.91 Å². The van der Waals surface area contributed by atoms with Crippen molar-refractivity contribution in [1.29, 1.82) is 0 Å². The number of carbonyl (C=O) groups is 1. The van der Waals surface area contributed by atoms with Crippen molar-refractivity contribution in [2.75, 3.05) is 12.4 Å². The highest BCUT2D eigenvalue weighted by Crippen LogP contribution is 2.25. The van der Waals surface area contributed by atoms with Crippen LogP contribution in [0.2, 0.25) is 0 Å². The molecule has 1 amide bonds. The third-order valence-corrected chi connectivity index (χ3v) is 5.19. The average Bonchev–Trinajstić information content (AvgIpc) is 3.08. The third kappa shape index (κ3) is 4.33. The lowest BCUT2D eigenvalue weighted by Gasteiger charge is -2.02. The molecular formula is C17H15N3O2S2. The van der Waals surface area contributed by atoms with Crippen LogP contribution >= 0.6 is 23.1 Å². The average molecular weight is 357 g/mol. The summed E-state index contributed by atoms with van der Waals surface area (Å²) in [5.41, 5.74) is 0.547. The first-order valence-corrected chi connectivity index (χ1v) is 9.00. The van der Waals surface area contributed by atoms with Crippen LogP contribution in [0.25, 0.3) is 0 Å². The van der Waals surface area contributed by atoms with E-state index in [1.165, 1.54) is 16.2 Å². The number of thioether (sulfide) groups is 1. The Labute approximate surface area is 148 Å². The first-order chi connectivity index (χ1) is 11.7. The molecule has 122 valence electrons. The summed E-state index contributed by atoms with van der Waals surface area (Å²) in [6.07, 6.45) is 0. The van der Waals surface area contributed by atoms with E-state index in [2.05, 4.69) is 27.6 Å². The van der Waals surface area contributed by atoms with E-state index in [-0.39, 0.29) is 5.91 Å². The Hall–Kier alpha value is -2.38. The van der Waals surface area contributed by atoms with Crippen LogP contribution in [0, 0.1) is 0 Å². The van der Waals surface area contributed by atoms with Gasteiger partial charge in [-0.05, 0) is 36.4 Å². The van der Waals surface area contributed by atoms with Gasteiger partial charge in [-0.1, -0.05) is 29.5 Å². The van der Waals surface area contributed by atoms with E-state index in [9.17, 15) is 4.79 Å². The molecule has 2 aromatic carbocycles. The number of anilines is 1. The van der Waals surface area contributed by atoms with E-state index in [1.54, 1.807) is 43.1 Å². The van der Waals surface area contributed by atoms with Crippen LogP contribution in [0.1, 0.15) is 15.4 Å². The monoisotopic (exact) mass is 357 g/mol. The number of rotatable bonds is 6. The van der Waals surface area contributed by atoms with Crippen molar-refractivity contribution in [1.82, 2.24) is 10.2 Å². The van der Waals surface area contributed by atoms with Crippen LogP contribution in [-0.2, 0) is 5.75 Å². The minimum Gasteiger partial charge on any atom is -0.497 e. The highest BCUT2D eigenvalue weighted by atomic mass is 32.2. The number of hydrogen-bond acceptors (Lipinski definition) is 6. The second-order valence-electron chi connectivity index (χ2n) is 4.79. The fraction of sp³-hybridized carbons (Fsp3) is 0.118. The Morgan fingerprint density at radius 2 is 1.88 bits per heavy atom. The van der Waals surface area contributed by atoms with Crippen LogP contribution in [0.15, 0.2) is 59.5 Å². The van der Waals surface area contributed by atoms with Gasteiger partial charge in [0.1, 0.15) is 10.8 Å². The number of nitrogens with zero attached hydrogens (tertiary/aromatic N) is 2. The minimum absolute atomic E-state index is 0.212. The van der Waals surface area contributed by atoms with Gasteiger partial charge in [0.05, 0.1) is 12.9 Å². The minimum atomic E-state index is -0.212. The molecule has 0 saturated heterocycles. The molecule has 5 nitrogen and oxygen atoms in total. The van der Waals surface area contributed by atoms with Gasteiger partial charge in [-0.25, -0.2) is 0 Å². The largest absolute Gasteiger partial charge is 0.497 e. The maximum Gasteiger partial charge on any atom is 0.257 e. The molecule has 0 aliphatic rings. The Kier molecular flexibility index (Phi) is 5.45. The molecule has 0 bridgehead atoms. The second-order valence-corrected chi connectivity index (χ2v) is 6.90. The summed E-state index contributed by atoms with van der Waals surface area (Å²) in [6.45, 7) is 0. The molecule has 0 saturated carbocycles. The normalized spacial score (nSPS) is 10.4. The molecule has 0 aliphatic carbocycles. The molecule has 3 rings (SSSR count). The first kappa shape index (κ1) is 16.5. The predicted molar refractivity (Wildman–Crippen MR) is 96.9 cm³/mol. The maximum atomic E-state index is 12.2. The SMILES string of the molecule is COc1ccc(C(=O)Nc2nnc(CSc3ccccc3)s2)cc1. The fourth-order valence-corrected chi connectivity index (χ4v) is 3.58. The fourth-order valence-electron chi connectivity index (χ4n) is 1.94. The molecule has 0 fully saturated rings. The number of carbonyl (C=O) groups excluding carboxylic acids is 1. The first-order valence-electron chi connectivity index (χ1n) is 7.20. The number of benzene rings is 2. The lowest BCUT2D eigenvalue weighted by atomic mass is 10.2. The zero-order valence-electron chi connectivity index (χ0n) is 12.9. The highest BCUT2D eigenvalue weighted by molar-refractivity contribution is 7.98.